The van der Waals surface area contributed by atoms with E-state index < -0.39 is 11.8 Å². The van der Waals surface area contributed by atoms with Crippen LogP contribution in [0.3, 0.4) is 0 Å². The van der Waals surface area contributed by atoms with E-state index in [1.54, 1.807) is 30.3 Å². The first-order valence-electron chi connectivity index (χ1n) is 8.89. The summed E-state index contributed by atoms with van der Waals surface area (Å²) in [5.41, 5.74) is 3.59. The zero-order valence-corrected chi connectivity index (χ0v) is 16.0. The number of ether oxygens (including phenoxy) is 2. The van der Waals surface area contributed by atoms with Gasteiger partial charge in [-0.05, 0) is 48.4 Å². The van der Waals surface area contributed by atoms with E-state index in [9.17, 15) is 14.0 Å². The summed E-state index contributed by atoms with van der Waals surface area (Å²) in [5, 5.41) is 6.10. The Balaban J connectivity index is 2.00. The van der Waals surface area contributed by atoms with Crippen LogP contribution in [-0.2, 0) is 16.2 Å². The lowest BCUT2D eigenvalue weighted by Gasteiger charge is -2.12. The van der Waals surface area contributed by atoms with Gasteiger partial charge in [-0.3, -0.25) is 9.59 Å². The number of hydrogen-bond donors (Lipinski definition) is 2. The van der Waals surface area contributed by atoms with Gasteiger partial charge in [-0.1, -0.05) is 18.2 Å². The number of halogens is 1. The normalized spacial score (nSPS) is 10.4. The SMILES string of the molecule is C=CCNC(=O)C(=O)N/N=C\c1ccc(OCc2ccc(F)cc2)c(OCC)c1. The van der Waals surface area contributed by atoms with Crippen molar-refractivity contribution in [3.8, 4) is 11.5 Å². The predicted octanol–water partition coefficient (Wildman–Crippen LogP) is 2.56. The van der Waals surface area contributed by atoms with E-state index in [1.165, 1.54) is 24.4 Å². The van der Waals surface area contributed by atoms with Crippen molar-refractivity contribution in [2.24, 2.45) is 5.10 Å². The molecule has 0 bridgehead atoms. The molecule has 152 valence electrons. The van der Waals surface area contributed by atoms with E-state index in [1.807, 2.05) is 6.92 Å². The Morgan fingerprint density at radius 3 is 2.55 bits per heavy atom. The largest absolute Gasteiger partial charge is 0.490 e. The van der Waals surface area contributed by atoms with E-state index >= 15 is 0 Å². The van der Waals surface area contributed by atoms with Crippen LogP contribution in [0.15, 0.2) is 60.2 Å². The first-order chi connectivity index (χ1) is 14.0. The van der Waals surface area contributed by atoms with Crippen LogP contribution in [-0.4, -0.2) is 31.2 Å². The van der Waals surface area contributed by atoms with Gasteiger partial charge in [-0.15, -0.1) is 6.58 Å². The minimum absolute atomic E-state index is 0.188. The topological polar surface area (TPSA) is 89.0 Å². The van der Waals surface area contributed by atoms with Crippen LogP contribution in [0.25, 0.3) is 0 Å². The molecule has 0 heterocycles. The van der Waals surface area contributed by atoms with Crippen LogP contribution in [0.4, 0.5) is 4.39 Å². The first kappa shape index (κ1) is 21.6. The lowest BCUT2D eigenvalue weighted by atomic mass is 10.2. The molecular weight excluding hydrogens is 377 g/mol. The highest BCUT2D eigenvalue weighted by Crippen LogP contribution is 2.28. The van der Waals surface area contributed by atoms with Crippen molar-refractivity contribution in [3.63, 3.8) is 0 Å². The van der Waals surface area contributed by atoms with Crippen molar-refractivity contribution in [1.29, 1.82) is 0 Å². The van der Waals surface area contributed by atoms with E-state index in [4.69, 9.17) is 9.47 Å². The molecule has 0 unspecified atom stereocenters. The fraction of sp³-hybridized carbons (Fsp3) is 0.190. The number of rotatable bonds is 9. The molecule has 0 atom stereocenters. The van der Waals surface area contributed by atoms with Crippen LogP contribution >= 0.6 is 0 Å². The average Bonchev–Trinajstić information content (AvgIpc) is 2.72. The number of carbonyl (C=O) groups is 2. The minimum Gasteiger partial charge on any atom is -0.490 e. The van der Waals surface area contributed by atoms with Crippen molar-refractivity contribution in [2.75, 3.05) is 13.2 Å². The van der Waals surface area contributed by atoms with E-state index in [0.29, 0.717) is 23.7 Å². The molecule has 0 fully saturated rings. The molecule has 2 N–H and O–H groups in total. The standard InChI is InChI=1S/C21H22FN3O4/c1-3-11-23-20(26)21(27)25-24-13-16-7-10-18(19(12-16)28-4-2)29-14-15-5-8-17(22)9-6-15/h3,5-10,12-13H,1,4,11,14H2,2H3,(H,23,26)(H,25,27)/b24-13-. The van der Waals surface area contributed by atoms with Gasteiger partial charge in [0.25, 0.3) is 0 Å². The third kappa shape index (κ3) is 7.10. The molecule has 8 heteroatoms. The van der Waals surface area contributed by atoms with E-state index in [0.717, 1.165) is 5.56 Å². The maximum absolute atomic E-state index is 13.0. The van der Waals surface area contributed by atoms with Crippen molar-refractivity contribution >= 4 is 18.0 Å². The Morgan fingerprint density at radius 2 is 1.86 bits per heavy atom. The number of hydrazone groups is 1. The summed E-state index contributed by atoms with van der Waals surface area (Å²) >= 11 is 0. The van der Waals surface area contributed by atoms with Gasteiger partial charge in [0.15, 0.2) is 11.5 Å². The summed E-state index contributed by atoms with van der Waals surface area (Å²) < 4.78 is 24.3. The molecule has 29 heavy (non-hydrogen) atoms. The number of benzene rings is 2. The van der Waals surface area contributed by atoms with Crippen molar-refractivity contribution < 1.29 is 23.5 Å². The smallest absolute Gasteiger partial charge is 0.329 e. The van der Waals surface area contributed by atoms with Crippen LogP contribution in [0.2, 0.25) is 0 Å². The summed E-state index contributed by atoms with van der Waals surface area (Å²) in [6.45, 7) is 6.15. The molecular formula is C21H22FN3O4. The van der Waals surface area contributed by atoms with Crippen molar-refractivity contribution in [2.45, 2.75) is 13.5 Å². The summed E-state index contributed by atoms with van der Waals surface area (Å²) in [6, 6.07) is 11.1. The van der Waals surface area contributed by atoms with E-state index in [2.05, 4.69) is 22.4 Å². The molecule has 2 aromatic carbocycles. The second-order valence-electron chi connectivity index (χ2n) is 5.75. The first-order valence-corrected chi connectivity index (χ1v) is 8.89. The Hall–Kier alpha value is -3.68. The minimum atomic E-state index is -0.882. The lowest BCUT2D eigenvalue weighted by Crippen LogP contribution is -2.37. The quantitative estimate of drug-likeness (QED) is 0.294. The zero-order valence-electron chi connectivity index (χ0n) is 16.0. The second-order valence-corrected chi connectivity index (χ2v) is 5.75. The highest BCUT2D eigenvalue weighted by molar-refractivity contribution is 6.35. The fourth-order valence-electron chi connectivity index (χ4n) is 2.20. The van der Waals surface area contributed by atoms with Gasteiger partial charge < -0.3 is 14.8 Å². The highest BCUT2D eigenvalue weighted by Gasteiger charge is 2.11. The van der Waals surface area contributed by atoms with Crippen LogP contribution in [0, 0.1) is 5.82 Å². The summed E-state index contributed by atoms with van der Waals surface area (Å²) in [6.07, 6.45) is 2.84. The van der Waals surface area contributed by atoms with Gasteiger partial charge in [0, 0.05) is 6.54 Å². The molecule has 0 saturated heterocycles. The molecule has 2 aromatic rings. The van der Waals surface area contributed by atoms with Crippen molar-refractivity contribution in [3.05, 3.63) is 72.1 Å². The highest BCUT2D eigenvalue weighted by atomic mass is 19.1. The Kier molecular flexibility index (Phi) is 8.37. The van der Waals surface area contributed by atoms with Gasteiger partial charge in [0.05, 0.1) is 12.8 Å². The maximum Gasteiger partial charge on any atom is 0.329 e. The van der Waals surface area contributed by atoms with Gasteiger partial charge in [-0.25, -0.2) is 9.82 Å². The molecule has 0 spiro atoms. The Bertz CT molecular complexity index is 882. The molecule has 0 aromatic heterocycles. The average molecular weight is 399 g/mol. The predicted molar refractivity (Wildman–Crippen MR) is 107 cm³/mol. The van der Waals surface area contributed by atoms with Crippen LogP contribution in [0.5, 0.6) is 11.5 Å². The van der Waals surface area contributed by atoms with Gasteiger partial charge in [0.2, 0.25) is 0 Å². The molecule has 7 nitrogen and oxygen atoms in total. The van der Waals surface area contributed by atoms with Gasteiger partial charge in [0.1, 0.15) is 12.4 Å². The molecule has 0 aliphatic carbocycles. The number of carbonyl (C=O) groups excluding carboxylic acids is 2. The fourth-order valence-corrected chi connectivity index (χ4v) is 2.20. The third-order valence-electron chi connectivity index (χ3n) is 3.57. The van der Waals surface area contributed by atoms with Crippen molar-refractivity contribution in [1.82, 2.24) is 10.7 Å². The second kappa shape index (κ2) is 11.2. The molecule has 0 saturated carbocycles. The monoisotopic (exact) mass is 399 g/mol. The number of nitrogens with one attached hydrogen (secondary N) is 2. The number of nitrogens with zero attached hydrogens (tertiary/aromatic N) is 1. The number of amides is 2. The summed E-state index contributed by atoms with van der Waals surface area (Å²) in [4.78, 5) is 23.0. The van der Waals surface area contributed by atoms with Crippen LogP contribution in [0.1, 0.15) is 18.1 Å². The lowest BCUT2D eigenvalue weighted by molar-refractivity contribution is -0.139. The Morgan fingerprint density at radius 1 is 1.10 bits per heavy atom. The Labute approximate surface area is 168 Å². The third-order valence-corrected chi connectivity index (χ3v) is 3.57. The van der Waals surface area contributed by atoms with E-state index in [-0.39, 0.29) is 19.0 Å². The maximum atomic E-state index is 13.0. The van der Waals surface area contributed by atoms with Crippen LogP contribution < -0.4 is 20.2 Å². The summed E-state index contributed by atoms with van der Waals surface area (Å²) in [7, 11) is 0. The van der Waals surface area contributed by atoms with Gasteiger partial charge >= 0.3 is 11.8 Å². The molecule has 0 aliphatic rings. The zero-order chi connectivity index (χ0) is 21.1. The molecule has 0 radical (unpaired) electrons. The molecule has 2 rings (SSSR count). The summed E-state index contributed by atoms with van der Waals surface area (Å²) in [5.74, 6) is -0.985. The number of hydrogen-bond acceptors (Lipinski definition) is 5. The molecule has 0 aliphatic heterocycles. The molecule has 2 amide bonds. The van der Waals surface area contributed by atoms with Gasteiger partial charge in [-0.2, -0.15) is 5.10 Å².